The van der Waals surface area contributed by atoms with E-state index in [0.29, 0.717) is 0 Å². The second-order valence-electron chi connectivity index (χ2n) is 2.61. The molecule has 6 nitrogen and oxygen atoms in total. The van der Waals surface area contributed by atoms with E-state index in [-0.39, 0.29) is 5.69 Å². The monoisotopic (exact) mass is 210 g/mol. The molecule has 0 amide bonds. The van der Waals surface area contributed by atoms with Gasteiger partial charge in [0.25, 0.3) is 0 Å². The number of ether oxygens (including phenoxy) is 2. The first-order chi connectivity index (χ1) is 7.20. The summed E-state index contributed by atoms with van der Waals surface area (Å²) in [6.07, 6.45) is 4.14. The molecule has 0 saturated heterocycles. The van der Waals surface area contributed by atoms with Gasteiger partial charge < -0.3 is 9.47 Å². The second kappa shape index (κ2) is 5.04. The molecule has 0 spiro atoms. The molecule has 0 aliphatic heterocycles. The Labute approximate surface area is 86.2 Å². The van der Waals surface area contributed by atoms with Gasteiger partial charge in [-0.1, -0.05) is 0 Å². The molecule has 0 unspecified atom stereocenters. The summed E-state index contributed by atoms with van der Waals surface area (Å²) in [5.74, 6) is -2.61. The van der Waals surface area contributed by atoms with Crippen LogP contribution in [0, 0.1) is 0 Å². The molecule has 0 N–H and O–H groups in total. The summed E-state index contributed by atoms with van der Waals surface area (Å²) in [6.45, 7) is 0. The lowest BCUT2D eigenvalue weighted by atomic mass is 10.1. The van der Waals surface area contributed by atoms with Gasteiger partial charge >= 0.3 is 11.9 Å². The maximum Gasteiger partial charge on any atom is 0.326 e. The Kier molecular flexibility index (Phi) is 3.73. The molecule has 0 aliphatic carbocycles. The van der Waals surface area contributed by atoms with E-state index in [0.717, 1.165) is 0 Å². The Morgan fingerprint density at radius 3 is 2.20 bits per heavy atom. The van der Waals surface area contributed by atoms with Crippen LogP contribution in [0.5, 0.6) is 0 Å². The number of carbonyl (C=O) groups is 2. The van der Waals surface area contributed by atoms with E-state index < -0.39 is 17.9 Å². The van der Waals surface area contributed by atoms with Gasteiger partial charge in [-0.25, -0.2) is 0 Å². The molecule has 0 bridgehead atoms. The molecular formula is C9H10N2O4. The van der Waals surface area contributed by atoms with Gasteiger partial charge in [-0.05, 0) is 0 Å². The van der Waals surface area contributed by atoms with Crippen molar-refractivity contribution in [3.8, 4) is 0 Å². The third-order valence-corrected chi connectivity index (χ3v) is 1.75. The van der Waals surface area contributed by atoms with Gasteiger partial charge in [0.15, 0.2) is 5.92 Å². The summed E-state index contributed by atoms with van der Waals surface area (Å²) in [5.41, 5.74) is 0.205. The average Bonchev–Trinajstić information content (AvgIpc) is 2.30. The molecular weight excluding hydrogens is 200 g/mol. The molecule has 1 heterocycles. The number of aromatic nitrogens is 2. The van der Waals surface area contributed by atoms with Crippen molar-refractivity contribution < 1.29 is 19.1 Å². The number of esters is 2. The summed E-state index contributed by atoms with van der Waals surface area (Å²) in [4.78, 5) is 30.3. The van der Waals surface area contributed by atoms with Crippen LogP contribution in [0.3, 0.4) is 0 Å². The van der Waals surface area contributed by atoms with E-state index in [9.17, 15) is 9.59 Å². The second-order valence-corrected chi connectivity index (χ2v) is 2.61. The highest BCUT2D eigenvalue weighted by atomic mass is 16.5. The van der Waals surface area contributed by atoms with Crippen LogP contribution in [0.25, 0.3) is 0 Å². The predicted octanol–water partition coefficient (Wildman–Crippen LogP) is -0.0938. The van der Waals surface area contributed by atoms with Crippen molar-refractivity contribution in [3.05, 3.63) is 24.3 Å². The summed E-state index contributed by atoms with van der Waals surface area (Å²) < 4.78 is 8.96. The van der Waals surface area contributed by atoms with Crippen molar-refractivity contribution in [1.29, 1.82) is 0 Å². The zero-order valence-electron chi connectivity index (χ0n) is 8.34. The summed E-state index contributed by atoms with van der Waals surface area (Å²) in [6, 6.07) is 0. The van der Waals surface area contributed by atoms with Crippen LogP contribution in [-0.4, -0.2) is 36.1 Å². The van der Waals surface area contributed by atoms with Crippen LogP contribution in [0.15, 0.2) is 18.6 Å². The molecule has 1 rings (SSSR count). The zero-order chi connectivity index (χ0) is 11.3. The summed E-state index contributed by atoms with van der Waals surface area (Å²) >= 11 is 0. The minimum absolute atomic E-state index is 0.205. The van der Waals surface area contributed by atoms with Crippen molar-refractivity contribution in [3.63, 3.8) is 0 Å². The van der Waals surface area contributed by atoms with Gasteiger partial charge in [-0.3, -0.25) is 19.6 Å². The van der Waals surface area contributed by atoms with Gasteiger partial charge in [0.1, 0.15) is 0 Å². The molecule has 0 fully saturated rings. The van der Waals surface area contributed by atoms with Crippen molar-refractivity contribution in [2.24, 2.45) is 0 Å². The van der Waals surface area contributed by atoms with Crippen molar-refractivity contribution in [2.45, 2.75) is 5.92 Å². The summed E-state index contributed by atoms with van der Waals surface area (Å²) in [5, 5.41) is 0. The highest BCUT2D eigenvalue weighted by molar-refractivity contribution is 6.00. The maximum atomic E-state index is 11.3. The molecule has 0 atom stereocenters. The highest BCUT2D eigenvalue weighted by Gasteiger charge is 2.31. The average molecular weight is 210 g/mol. The zero-order valence-corrected chi connectivity index (χ0v) is 8.34. The topological polar surface area (TPSA) is 78.4 Å². The number of hydrogen-bond acceptors (Lipinski definition) is 6. The van der Waals surface area contributed by atoms with Crippen LogP contribution >= 0.6 is 0 Å². The molecule has 1 aromatic heterocycles. The normalized spacial score (nSPS) is 9.80. The minimum atomic E-state index is -1.17. The lowest BCUT2D eigenvalue weighted by molar-refractivity contribution is -0.154. The number of methoxy groups -OCH3 is 2. The Balaban J connectivity index is 3.02. The first-order valence-electron chi connectivity index (χ1n) is 4.12. The molecule has 1 aromatic rings. The van der Waals surface area contributed by atoms with Crippen LogP contribution in [-0.2, 0) is 19.1 Å². The van der Waals surface area contributed by atoms with Gasteiger partial charge in [-0.15, -0.1) is 0 Å². The van der Waals surface area contributed by atoms with Gasteiger partial charge in [0.05, 0.1) is 19.9 Å². The van der Waals surface area contributed by atoms with E-state index in [1.165, 1.54) is 32.8 Å². The minimum Gasteiger partial charge on any atom is -0.468 e. The summed E-state index contributed by atoms with van der Waals surface area (Å²) in [7, 11) is 2.38. The van der Waals surface area contributed by atoms with E-state index in [2.05, 4.69) is 19.4 Å². The lowest BCUT2D eigenvalue weighted by Crippen LogP contribution is -2.25. The Morgan fingerprint density at radius 1 is 1.20 bits per heavy atom. The lowest BCUT2D eigenvalue weighted by Gasteiger charge is -2.10. The highest BCUT2D eigenvalue weighted by Crippen LogP contribution is 2.15. The van der Waals surface area contributed by atoms with E-state index in [1.54, 1.807) is 0 Å². The Hall–Kier alpha value is -1.98. The number of nitrogens with zero attached hydrogens (tertiary/aromatic N) is 2. The standard InChI is InChI=1S/C9H10N2O4/c1-14-8(12)7(9(13)15-2)6-5-10-3-4-11-6/h3-5,7H,1-2H3. The molecule has 80 valence electrons. The van der Waals surface area contributed by atoms with Crippen molar-refractivity contribution in [1.82, 2.24) is 9.97 Å². The molecule has 0 aromatic carbocycles. The first kappa shape index (κ1) is 11.1. The molecule has 6 heteroatoms. The largest absolute Gasteiger partial charge is 0.468 e. The van der Waals surface area contributed by atoms with E-state index in [1.807, 2.05) is 0 Å². The smallest absolute Gasteiger partial charge is 0.326 e. The Bertz CT molecular complexity index is 336. The fraction of sp³-hybridized carbons (Fsp3) is 0.333. The SMILES string of the molecule is COC(=O)C(C(=O)OC)c1cnccn1. The number of hydrogen-bond donors (Lipinski definition) is 0. The third-order valence-electron chi connectivity index (χ3n) is 1.75. The fourth-order valence-corrected chi connectivity index (χ4v) is 1.03. The van der Waals surface area contributed by atoms with Crippen molar-refractivity contribution >= 4 is 11.9 Å². The number of carbonyl (C=O) groups excluding carboxylic acids is 2. The van der Waals surface area contributed by atoms with E-state index in [4.69, 9.17) is 0 Å². The van der Waals surface area contributed by atoms with E-state index >= 15 is 0 Å². The maximum absolute atomic E-state index is 11.3. The van der Waals surface area contributed by atoms with Crippen LogP contribution in [0.1, 0.15) is 11.6 Å². The molecule has 0 saturated carbocycles. The van der Waals surface area contributed by atoms with Gasteiger partial charge in [0, 0.05) is 18.6 Å². The first-order valence-corrected chi connectivity index (χ1v) is 4.12. The van der Waals surface area contributed by atoms with Crippen LogP contribution in [0.2, 0.25) is 0 Å². The van der Waals surface area contributed by atoms with Crippen molar-refractivity contribution in [2.75, 3.05) is 14.2 Å². The molecule has 0 aliphatic rings. The van der Waals surface area contributed by atoms with Gasteiger partial charge in [0.2, 0.25) is 0 Å². The number of rotatable bonds is 3. The van der Waals surface area contributed by atoms with Crippen LogP contribution < -0.4 is 0 Å². The predicted molar refractivity (Wildman–Crippen MR) is 48.8 cm³/mol. The third kappa shape index (κ3) is 2.49. The van der Waals surface area contributed by atoms with Crippen LogP contribution in [0.4, 0.5) is 0 Å². The quantitative estimate of drug-likeness (QED) is 0.512. The molecule has 15 heavy (non-hydrogen) atoms. The Morgan fingerprint density at radius 2 is 1.80 bits per heavy atom. The molecule has 0 radical (unpaired) electrons. The van der Waals surface area contributed by atoms with Gasteiger partial charge in [-0.2, -0.15) is 0 Å². The fourth-order valence-electron chi connectivity index (χ4n) is 1.03.